The molecule has 57 heavy (non-hydrogen) atoms. The molecule has 2 aromatic rings. The van der Waals surface area contributed by atoms with Gasteiger partial charge >= 0.3 is 35.8 Å². The Hall–Kier alpha value is -5.46. The van der Waals surface area contributed by atoms with Crippen molar-refractivity contribution in [1.29, 1.82) is 0 Å². The average molecular weight is 793 g/mol. The molecule has 0 bridgehead atoms. The summed E-state index contributed by atoms with van der Waals surface area (Å²) < 4.78 is 36.4. The van der Waals surface area contributed by atoms with Crippen LogP contribution < -0.4 is 9.47 Å². The van der Waals surface area contributed by atoms with E-state index in [2.05, 4.69) is 54.7 Å². The Labute approximate surface area is 335 Å². The van der Waals surface area contributed by atoms with Gasteiger partial charge in [0.25, 0.3) is 0 Å². The maximum absolute atomic E-state index is 12.9. The smallest absolute Gasteiger partial charge is 0.417 e. The van der Waals surface area contributed by atoms with Gasteiger partial charge in [0.2, 0.25) is 0 Å². The minimum Gasteiger partial charge on any atom is -0.489 e. The zero-order valence-electron chi connectivity index (χ0n) is 34.0. The molecule has 0 heterocycles. The molecule has 1 aliphatic carbocycles. The highest BCUT2D eigenvalue weighted by Crippen LogP contribution is 2.41. The summed E-state index contributed by atoms with van der Waals surface area (Å²) in [5.74, 6) is -5.68. The monoisotopic (exact) mass is 792 g/mol. The molecule has 0 amide bonds. The first-order chi connectivity index (χ1) is 27.2. The van der Waals surface area contributed by atoms with Gasteiger partial charge < -0.3 is 33.2 Å². The number of methoxy groups -OCH3 is 2. The minimum atomic E-state index is -1.74. The quantitative estimate of drug-likeness (QED) is 0.0351. The topological polar surface area (TPSA) is 167 Å². The molecular formula is C44H56O13. The second-order valence-corrected chi connectivity index (χ2v) is 14.6. The van der Waals surface area contributed by atoms with E-state index in [4.69, 9.17) is 23.7 Å². The average Bonchev–Trinajstić information content (AvgIpc) is 3.22. The van der Waals surface area contributed by atoms with Gasteiger partial charge in [0.1, 0.15) is 31.8 Å². The molecule has 0 radical (unpaired) electrons. The fourth-order valence-corrected chi connectivity index (χ4v) is 6.52. The fraction of sp³-hybridized carbons (Fsp3) is 0.500. The van der Waals surface area contributed by atoms with Crippen LogP contribution in [-0.2, 0) is 58.9 Å². The first-order valence-corrected chi connectivity index (χ1v) is 19.3. The molecular weight excluding hydrogens is 736 g/mol. The van der Waals surface area contributed by atoms with E-state index < -0.39 is 67.7 Å². The molecule has 0 spiro atoms. The molecule has 310 valence electrons. The lowest BCUT2D eigenvalue weighted by Gasteiger charge is -2.32. The lowest BCUT2D eigenvalue weighted by Crippen LogP contribution is -2.45. The van der Waals surface area contributed by atoms with Gasteiger partial charge in [0, 0.05) is 11.1 Å². The van der Waals surface area contributed by atoms with Gasteiger partial charge in [0.15, 0.2) is 11.5 Å². The molecule has 1 fully saturated rings. The number of carbonyl (C=O) groups is 6. The second-order valence-electron chi connectivity index (χ2n) is 14.6. The largest absolute Gasteiger partial charge is 0.489 e. The van der Waals surface area contributed by atoms with Crippen LogP contribution in [0.4, 0.5) is 0 Å². The van der Waals surface area contributed by atoms with Crippen LogP contribution in [0.15, 0.2) is 60.7 Å². The van der Waals surface area contributed by atoms with Crippen molar-refractivity contribution in [1.82, 2.24) is 0 Å². The molecule has 0 unspecified atom stereocenters. The SMILES string of the molecule is C=C(C)C(=O)OCC(COC(=O)C(=O)OC)(COC(=O)C(=O)OC)COc1ccc(-c2ccc(C3CCC(CCCCC)CC3)cc2CC)cc1OC(=O)C(=C)C. The number of aryl methyl sites for hydroxylation is 1. The summed E-state index contributed by atoms with van der Waals surface area (Å²) in [7, 11) is 1.95. The van der Waals surface area contributed by atoms with Crippen LogP contribution in [0.1, 0.15) is 96.1 Å². The fourth-order valence-electron chi connectivity index (χ4n) is 6.52. The van der Waals surface area contributed by atoms with Crippen LogP contribution in [0.3, 0.4) is 0 Å². The van der Waals surface area contributed by atoms with Crippen LogP contribution in [0.25, 0.3) is 11.1 Å². The number of hydrogen-bond acceptors (Lipinski definition) is 13. The Morgan fingerprint density at radius 2 is 1.25 bits per heavy atom. The van der Waals surface area contributed by atoms with Crippen molar-refractivity contribution >= 4 is 35.8 Å². The maximum atomic E-state index is 12.9. The van der Waals surface area contributed by atoms with E-state index in [9.17, 15) is 28.8 Å². The molecule has 0 aliphatic heterocycles. The maximum Gasteiger partial charge on any atom is 0.417 e. The molecule has 1 aliphatic rings. The summed E-state index contributed by atoms with van der Waals surface area (Å²) in [6.07, 6.45) is 10.7. The molecule has 0 N–H and O–H groups in total. The number of rotatable bonds is 19. The van der Waals surface area contributed by atoms with Gasteiger partial charge in [-0.1, -0.05) is 77.0 Å². The Kier molecular flexibility index (Phi) is 18.0. The zero-order chi connectivity index (χ0) is 42.1. The molecule has 1 saturated carbocycles. The number of esters is 6. The van der Waals surface area contributed by atoms with Crippen LogP contribution in [0, 0.1) is 11.3 Å². The van der Waals surface area contributed by atoms with E-state index in [1.807, 2.05) is 0 Å². The highest BCUT2D eigenvalue weighted by Gasteiger charge is 2.39. The molecule has 2 aromatic carbocycles. The van der Waals surface area contributed by atoms with E-state index >= 15 is 0 Å². The Bertz CT molecular complexity index is 1750. The number of carbonyl (C=O) groups excluding carboxylic acids is 6. The number of hydrogen-bond donors (Lipinski definition) is 0. The first kappa shape index (κ1) is 45.9. The predicted octanol–water partition coefficient (Wildman–Crippen LogP) is 7.17. The summed E-state index contributed by atoms with van der Waals surface area (Å²) in [4.78, 5) is 73.9. The third kappa shape index (κ3) is 13.6. The molecule has 0 atom stereocenters. The van der Waals surface area contributed by atoms with E-state index in [-0.39, 0.29) is 22.6 Å². The van der Waals surface area contributed by atoms with Gasteiger partial charge in [-0.2, -0.15) is 0 Å². The summed E-state index contributed by atoms with van der Waals surface area (Å²) in [5, 5.41) is 0. The van der Waals surface area contributed by atoms with Crippen LogP contribution in [0.2, 0.25) is 0 Å². The highest BCUT2D eigenvalue weighted by molar-refractivity contribution is 6.30. The molecule has 13 nitrogen and oxygen atoms in total. The number of benzene rings is 2. The number of unbranched alkanes of at least 4 members (excludes halogenated alkanes) is 2. The summed E-state index contributed by atoms with van der Waals surface area (Å²) >= 11 is 0. The van der Waals surface area contributed by atoms with Gasteiger partial charge in [0.05, 0.1) is 14.2 Å². The van der Waals surface area contributed by atoms with Crippen molar-refractivity contribution in [3.63, 3.8) is 0 Å². The lowest BCUT2D eigenvalue weighted by atomic mass is 9.76. The Morgan fingerprint density at radius 1 is 0.667 bits per heavy atom. The molecule has 3 rings (SSSR count). The van der Waals surface area contributed by atoms with Crippen molar-refractivity contribution in [2.45, 2.75) is 91.4 Å². The van der Waals surface area contributed by atoms with Crippen molar-refractivity contribution in [3.05, 3.63) is 71.8 Å². The van der Waals surface area contributed by atoms with Crippen LogP contribution >= 0.6 is 0 Å². The normalized spacial score (nSPS) is 15.1. The van der Waals surface area contributed by atoms with E-state index in [1.165, 1.54) is 70.8 Å². The summed E-state index contributed by atoms with van der Waals surface area (Å²) in [6.45, 7) is 11.8. The number of ether oxygens (including phenoxy) is 7. The van der Waals surface area contributed by atoms with Crippen molar-refractivity contribution in [2.75, 3.05) is 40.6 Å². The van der Waals surface area contributed by atoms with Gasteiger partial charge in [-0.05, 0) is 92.2 Å². The van der Waals surface area contributed by atoms with Crippen molar-refractivity contribution < 1.29 is 61.9 Å². The van der Waals surface area contributed by atoms with Gasteiger partial charge in [-0.3, -0.25) is 0 Å². The minimum absolute atomic E-state index is 0.0129. The third-order valence-electron chi connectivity index (χ3n) is 9.96. The van der Waals surface area contributed by atoms with Crippen LogP contribution in [-0.4, -0.2) is 76.5 Å². The van der Waals surface area contributed by atoms with E-state index in [1.54, 1.807) is 18.2 Å². The molecule has 0 saturated heterocycles. The standard InChI is InChI=1S/C44H56O13/c1-9-11-12-13-30-14-16-32(17-15-30)33-18-20-35(31(10-2)22-33)34-19-21-36(37(23-34)57-39(46)29(5)6)53-24-44(25-54-38(45)28(3)4,26-55-42(49)40(47)51-7)27-56-43(50)41(48)52-8/h18-23,30,32H,3,5,9-17,24-27H2,1-2,4,6-8H3. The zero-order valence-corrected chi connectivity index (χ0v) is 34.0. The summed E-state index contributed by atoms with van der Waals surface area (Å²) in [6, 6.07) is 11.6. The molecule has 0 aromatic heterocycles. The second kappa shape index (κ2) is 22.3. The van der Waals surface area contributed by atoms with E-state index in [0.717, 1.165) is 43.2 Å². The van der Waals surface area contributed by atoms with Gasteiger partial charge in [-0.15, -0.1) is 0 Å². The van der Waals surface area contributed by atoms with Crippen LogP contribution in [0.5, 0.6) is 11.5 Å². The van der Waals surface area contributed by atoms with E-state index in [0.29, 0.717) is 5.92 Å². The first-order valence-electron chi connectivity index (χ1n) is 19.3. The Morgan fingerprint density at radius 3 is 1.77 bits per heavy atom. The lowest BCUT2D eigenvalue weighted by molar-refractivity contribution is -0.177. The predicted molar refractivity (Wildman–Crippen MR) is 210 cm³/mol. The highest BCUT2D eigenvalue weighted by atomic mass is 16.6. The third-order valence-corrected chi connectivity index (χ3v) is 9.96. The molecule has 13 heteroatoms. The summed E-state index contributed by atoms with van der Waals surface area (Å²) in [5.41, 5.74) is 2.54. The van der Waals surface area contributed by atoms with Crippen molar-refractivity contribution in [2.24, 2.45) is 11.3 Å². The van der Waals surface area contributed by atoms with Crippen molar-refractivity contribution in [3.8, 4) is 22.6 Å². The van der Waals surface area contributed by atoms with Gasteiger partial charge in [-0.25, -0.2) is 28.8 Å². The Balaban J connectivity index is 1.99.